The van der Waals surface area contributed by atoms with Crippen molar-refractivity contribution in [3.8, 4) is 0 Å². The van der Waals surface area contributed by atoms with E-state index in [0.29, 0.717) is 6.04 Å². The fourth-order valence-corrected chi connectivity index (χ4v) is 3.77. The Morgan fingerprint density at radius 2 is 2.22 bits per heavy atom. The van der Waals surface area contributed by atoms with Gasteiger partial charge in [-0.25, -0.2) is 4.98 Å². The third-order valence-electron chi connectivity index (χ3n) is 4.82. The fraction of sp³-hybridized carbons (Fsp3) is 0.647. The molecule has 0 spiro atoms. The van der Waals surface area contributed by atoms with Gasteiger partial charge in [-0.1, -0.05) is 24.4 Å². The van der Waals surface area contributed by atoms with Gasteiger partial charge in [0.1, 0.15) is 5.82 Å². The van der Waals surface area contributed by atoms with Crippen molar-refractivity contribution >= 4 is 23.4 Å². The Labute approximate surface area is 143 Å². The summed E-state index contributed by atoms with van der Waals surface area (Å²) in [7, 11) is 1.84. The molecule has 23 heavy (non-hydrogen) atoms. The Hall–Kier alpha value is -1.49. The lowest BCUT2D eigenvalue weighted by Crippen LogP contribution is -2.45. The Morgan fingerprint density at radius 3 is 2.96 bits per heavy atom. The lowest BCUT2D eigenvalue weighted by atomic mass is 10.1. The summed E-state index contributed by atoms with van der Waals surface area (Å²) in [6.45, 7) is 2.90. The van der Waals surface area contributed by atoms with E-state index in [1.54, 1.807) is 6.20 Å². The molecule has 1 aromatic heterocycles. The van der Waals surface area contributed by atoms with E-state index < -0.39 is 0 Å². The Kier molecular flexibility index (Phi) is 5.60. The average Bonchev–Trinajstić information content (AvgIpc) is 3.23. The van der Waals surface area contributed by atoms with Crippen LogP contribution in [0.4, 0.5) is 5.82 Å². The number of nitrogens with zero attached hydrogens (tertiary/aromatic N) is 3. The van der Waals surface area contributed by atoms with E-state index in [4.69, 9.17) is 11.6 Å². The quantitative estimate of drug-likeness (QED) is 0.656. The fourth-order valence-electron chi connectivity index (χ4n) is 3.52. The molecule has 0 amide bonds. The number of hydrogen-bond acceptors (Lipinski definition) is 3. The average molecular weight is 336 g/mol. The zero-order valence-electron chi connectivity index (χ0n) is 13.8. The van der Waals surface area contributed by atoms with Crippen molar-refractivity contribution in [2.75, 3.05) is 31.6 Å². The van der Waals surface area contributed by atoms with Crippen molar-refractivity contribution in [3.05, 3.63) is 23.4 Å². The van der Waals surface area contributed by atoms with Gasteiger partial charge in [0.2, 0.25) is 0 Å². The van der Waals surface area contributed by atoms with E-state index in [-0.39, 0.29) is 0 Å². The molecular formula is C17H26ClN5. The highest BCUT2D eigenvalue weighted by molar-refractivity contribution is 6.32. The van der Waals surface area contributed by atoms with Crippen LogP contribution < -0.4 is 15.5 Å². The standard InChI is InChI=1S/C17H26ClN5/c1-19-17(21-11-13-5-2-3-6-13)22-14-8-10-23(12-14)16-15(18)7-4-9-20-16/h4,7,9,13-14H,2-3,5-6,8,10-12H2,1H3,(H2,19,21,22). The highest BCUT2D eigenvalue weighted by atomic mass is 35.5. The summed E-state index contributed by atoms with van der Waals surface area (Å²) in [6.07, 6.45) is 8.31. The van der Waals surface area contributed by atoms with E-state index in [1.165, 1.54) is 25.7 Å². The van der Waals surface area contributed by atoms with Gasteiger partial charge in [-0.15, -0.1) is 0 Å². The predicted octanol–water partition coefficient (Wildman–Crippen LogP) is 2.67. The Balaban J connectivity index is 1.49. The maximum atomic E-state index is 6.25. The van der Waals surface area contributed by atoms with Crippen LogP contribution in [0, 0.1) is 5.92 Å². The molecule has 3 rings (SSSR count). The molecule has 2 N–H and O–H groups in total. The predicted molar refractivity (Wildman–Crippen MR) is 96.3 cm³/mol. The van der Waals surface area contributed by atoms with E-state index >= 15 is 0 Å². The summed E-state index contributed by atoms with van der Waals surface area (Å²) in [5, 5.41) is 7.74. The van der Waals surface area contributed by atoms with Gasteiger partial charge in [0.05, 0.1) is 5.02 Å². The van der Waals surface area contributed by atoms with Crippen molar-refractivity contribution in [2.45, 2.75) is 38.1 Å². The molecule has 5 nitrogen and oxygen atoms in total. The van der Waals surface area contributed by atoms with Gasteiger partial charge in [0.25, 0.3) is 0 Å². The van der Waals surface area contributed by atoms with Crippen LogP contribution in [0.1, 0.15) is 32.1 Å². The normalized spacial score (nSPS) is 22.6. The van der Waals surface area contributed by atoms with E-state index in [0.717, 1.165) is 48.8 Å². The first kappa shape index (κ1) is 16.4. The lowest BCUT2D eigenvalue weighted by molar-refractivity contribution is 0.526. The van der Waals surface area contributed by atoms with Crippen molar-refractivity contribution in [1.29, 1.82) is 0 Å². The topological polar surface area (TPSA) is 52.6 Å². The van der Waals surface area contributed by atoms with Crippen LogP contribution >= 0.6 is 11.6 Å². The van der Waals surface area contributed by atoms with Crippen LogP contribution in [0.3, 0.4) is 0 Å². The number of pyridine rings is 1. The second-order valence-corrected chi connectivity index (χ2v) is 6.90. The monoisotopic (exact) mass is 335 g/mol. The molecular weight excluding hydrogens is 310 g/mol. The number of aliphatic imine (C=N–C) groups is 1. The number of guanidine groups is 1. The first-order chi connectivity index (χ1) is 11.3. The summed E-state index contributed by atoms with van der Waals surface area (Å²) in [4.78, 5) is 11.0. The number of aromatic nitrogens is 1. The zero-order chi connectivity index (χ0) is 16.1. The van der Waals surface area contributed by atoms with Crippen LogP contribution in [0.25, 0.3) is 0 Å². The zero-order valence-corrected chi connectivity index (χ0v) is 14.5. The molecule has 0 radical (unpaired) electrons. The van der Waals surface area contributed by atoms with Gasteiger partial charge in [-0.05, 0) is 37.3 Å². The van der Waals surface area contributed by atoms with Gasteiger partial charge in [0.15, 0.2) is 5.96 Å². The highest BCUT2D eigenvalue weighted by Gasteiger charge is 2.25. The highest BCUT2D eigenvalue weighted by Crippen LogP contribution is 2.26. The van der Waals surface area contributed by atoms with Gasteiger partial charge in [0, 0.05) is 38.9 Å². The minimum absolute atomic E-state index is 0.378. The number of hydrogen-bond donors (Lipinski definition) is 2. The van der Waals surface area contributed by atoms with Crippen LogP contribution in [-0.2, 0) is 0 Å². The van der Waals surface area contributed by atoms with Crippen LogP contribution in [0.2, 0.25) is 5.02 Å². The SMILES string of the molecule is CN=C(NCC1CCCC1)NC1CCN(c2ncccc2Cl)C1. The molecule has 1 aromatic rings. The first-order valence-corrected chi connectivity index (χ1v) is 8.96. The summed E-state index contributed by atoms with van der Waals surface area (Å²) in [5.41, 5.74) is 0. The molecule has 1 aliphatic carbocycles. The molecule has 0 aromatic carbocycles. The van der Waals surface area contributed by atoms with Gasteiger partial charge >= 0.3 is 0 Å². The number of rotatable bonds is 4. The lowest BCUT2D eigenvalue weighted by Gasteiger charge is -2.21. The van der Waals surface area contributed by atoms with Crippen molar-refractivity contribution in [2.24, 2.45) is 10.9 Å². The third kappa shape index (κ3) is 4.28. The molecule has 1 aliphatic heterocycles. The summed E-state index contributed by atoms with van der Waals surface area (Å²) >= 11 is 6.25. The smallest absolute Gasteiger partial charge is 0.191 e. The Morgan fingerprint density at radius 1 is 1.39 bits per heavy atom. The van der Waals surface area contributed by atoms with Crippen molar-refractivity contribution in [3.63, 3.8) is 0 Å². The molecule has 2 fully saturated rings. The van der Waals surface area contributed by atoms with Crippen LogP contribution in [0.5, 0.6) is 0 Å². The second kappa shape index (κ2) is 7.86. The maximum Gasteiger partial charge on any atom is 0.191 e. The second-order valence-electron chi connectivity index (χ2n) is 6.49. The van der Waals surface area contributed by atoms with Gasteiger partial charge < -0.3 is 15.5 Å². The molecule has 126 valence electrons. The number of anilines is 1. The third-order valence-corrected chi connectivity index (χ3v) is 5.12. The van der Waals surface area contributed by atoms with Crippen LogP contribution in [-0.4, -0.2) is 43.7 Å². The molecule has 1 saturated carbocycles. The van der Waals surface area contributed by atoms with Crippen molar-refractivity contribution < 1.29 is 0 Å². The number of nitrogens with one attached hydrogen (secondary N) is 2. The van der Waals surface area contributed by atoms with Crippen LogP contribution in [0.15, 0.2) is 23.3 Å². The summed E-state index contributed by atoms with van der Waals surface area (Å²) < 4.78 is 0. The first-order valence-electron chi connectivity index (χ1n) is 8.59. The molecule has 1 unspecified atom stereocenters. The maximum absolute atomic E-state index is 6.25. The molecule has 1 saturated heterocycles. The largest absolute Gasteiger partial charge is 0.356 e. The summed E-state index contributed by atoms with van der Waals surface area (Å²) in [6, 6.07) is 4.14. The van der Waals surface area contributed by atoms with E-state index in [2.05, 4.69) is 25.5 Å². The van der Waals surface area contributed by atoms with E-state index in [1.807, 2.05) is 19.2 Å². The molecule has 1 atom stereocenters. The van der Waals surface area contributed by atoms with E-state index in [9.17, 15) is 0 Å². The minimum atomic E-state index is 0.378. The Bertz CT molecular complexity index is 542. The molecule has 0 bridgehead atoms. The van der Waals surface area contributed by atoms with Gasteiger partial charge in [-0.3, -0.25) is 4.99 Å². The molecule has 6 heteroatoms. The number of halogens is 1. The summed E-state index contributed by atoms with van der Waals surface area (Å²) in [5.74, 6) is 2.60. The van der Waals surface area contributed by atoms with Crippen molar-refractivity contribution in [1.82, 2.24) is 15.6 Å². The molecule has 2 aliphatic rings. The molecule has 2 heterocycles. The van der Waals surface area contributed by atoms with Gasteiger partial charge in [-0.2, -0.15) is 0 Å². The minimum Gasteiger partial charge on any atom is -0.356 e.